The Morgan fingerprint density at radius 3 is 2.54 bits per heavy atom. The monoisotopic (exact) mass is 347 g/mol. The normalized spacial score (nSPS) is 21.1. The van der Waals surface area contributed by atoms with Crippen molar-refractivity contribution in [1.29, 1.82) is 0 Å². The second-order valence-electron chi connectivity index (χ2n) is 7.29. The molecule has 0 radical (unpaired) electrons. The van der Waals surface area contributed by atoms with Crippen LogP contribution in [0.25, 0.3) is 11.3 Å². The van der Waals surface area contributed by atoms with Gasteiger partial charge in [-0.2, -0.15) is 0 Å². The molecule has 0 spiro atoms. The molecule has 2 heterocycles. The van der Waals surface area contributed by atoms with E-state index in [0.717, 1.165) is 47.6 Å². The molecule has 26 heavy (non-hydrogen) atoms. The molecule has 0 saturated carbocycles. The fourth-order valence-corrected chi connectivity index (χ4v) is 3.97. The second kappa shape index (κ2) is 6.63. The Kier molecular flexibility index (Phi) is 4.31. The summed E-state index contributed by atoms with van der Waals surface area (Å²) in [5, 5.41) is 10.9. The number of hydrogen-bond acceptors (Lipinski definition) is 4. The van der Waals surface area contributed by atoms with E-state index < -0.39 is 0 Å². The minimum atomic E-state index is -0.0298. The molecule has 0 aromatic heterocycles. The maximum atomic E-state index is 10.9. The average molecular weight is 347 g/mol. The van der Waals surface area contributed by atoms with Gasteiger partial charge in [0.1, 0.15) is 5.75 Å². The highest BCUT2D eigenvalue weighted by Crippen LogP contribution is 2.39. The second-order valence-corrected chi connectivity index (χ2v) is 7.29. The highest BCUT2D eigenvalue weighted by atomic mass is 16.3. The Balaban J connectivity index is 1.76. The first-order valence-corrected chi connectivity index (χ1v) is 9.00. The van der Waals surface area contributed by atoms with Gasteiger partial charge in [-0.15, -0.1) is 0 Å². The molecule has 0 saturated heterocycles. The van der Waals surface area contributed by atoms with Crippen LogP contribution in [0.2, 0.25) is 0 Å². The van der Waals surface area contributed by atoms with Gasteiger partial charge in [0.15, 0.2) is 0 Å². The number of phenols is 1. The van der Waals surface area contributed by atoms with Crippen molar-refractivity contribution < 1.29 is 5.11 Å². The quantitative estimate of drug-likeness (QED) is 0.877. The SMILES string of the molecule is CN1CC=C(c2ccc(C3c4ccccc4C(N)=CCN3C)c(O)c2)C1. The number of rotatable bonds is 2. The molecular formula is C22H25N3O. The van der Waals surface area contributed by atoms with E-state index in [0.29, 0.717) is 5.75 Å². The molecule has 0 bridgehead atoms. The summed E-state index contributed by atoms with van der Waals surface area (Å²) in [5.74, 6) is 0.338. The number of hydrogen-bond donors (Lipinski definition) is 2. The van der Waals surface area contributed by atoms with E-state index in [1.165, 1.54) is 5.57 Å². The van der Waals surface area contributed by atoms with Gasteiger partial charge in [-0.05, 0) is 42.9 Å². The molecule has 1 unspecified atom stereocenters. The van der Waals surface area contributed by atoms with E-state index >= 15 is 0 Å². The molecule has 134 valence electrons. The summed E-state index contributed by atoms with van der Waals surface area (Å²) < 4.78 is 0. The lowest BCUT2D eigenvalue weighted by Crippen LogP contribution is -2.25. The molecule has 2 aliphatic heterocycles. The average Bonchev–Trinajstić information content (AvgIpc) is 3.03. The Labute approximate surface area is 154 Å². The van der Waals surface area contributed by atoms with Crippen molar-refractivity contribution in [2.24, 2.45) is 5.73 Å². The largest absolute Gasteiger partial charge is 0.508 e. The summed E-state index contributed by atoms with van der Waals surface area (Å²) in [6.45, 7) is 2.62. The molecule has 0 amide bonds. The van der Waals surface area contributed by atoms with Crippen molar-refractivity contribution in [2.75, 3.05) is 33.7 Å². The summed E-state index contributed by atoms with van der Waals surface area (Å²) in [5.41, 5.74) is 12.5. The number of phenolic OH excluding ortho intramolecular Hbond substituents is 1. The lowest BCUT2D eigenvalue weighted by atomic mass is 9.91. The number of nitrogens with zero attached hydrogens (tertiary/aromatic N) is 2. The number of fused-ring (bicyclic) bond motifs is 1. The first kappa shape index (κ1) is 16.9. The minimum absolute atomic E-state index is 0.0298. The molecule has 0 fully saturated rings. The van der Waals surface area contributed by atoms with Crippen molar-refractivity contribution in [1.82, 2.24) is 9.80 Å². The van der Waals surface area contributed by atoms with E-state index in [1.54, 1.807) is 0 Å². The van der Waals surface area contributed by atoms with Crippen LogP contribution < -0.4 is 5.73 Å². The highest BCUT2D eigenvalue weighted by molar-refractivity contribution is 5.72. The summed E-state index contributed by atoms with van der Waals surface area (Å²) in [4.78, 5) is 4.47. The van der Waals surface area contributed by atoms with Crippen LogP contribution in [-0.2, 0) is 0 Å². The van der Waals surface area contributed by atoms with Gasteiger partial charge in [0, 0.05) is 36.5 Å². The van der Waals surface area contributed by atoms with Crippen LogP contribution in [0.1, 0.15) is 28.3 Å². The van der Waals surface area contributed by atoms with Crippen LogP contribution in [0.3, 0.4) is 0 Å². The standard InChI is InChI=1S/C22H25N3O/c1-24-11-9-16(14-24)15-7-8-19(21(26)13-15)22-18-6-4-3-5-17(18)20(23)10-12-25(22)2/h3-10,13,22,26H,11-12,14,23H2,1-2H3. The smallest absolute Gasteiger partial charge is 0.121 e. The molecular weight excluding hydrogens is 322 g/mol. The van der Waals surface area contributed by atoms with Crippen LogP contribution in [0.4, 0.5) is 0 Å². The molecule has 0 aliphatic carbocycles. The van der Waals surface area contributed by atoms with Gasteiger partial charge in [-0.25, -0.2) is 0 Å². The van der Waals surface area contributed by atoms with Crippen molar-refractivity contribution in [3.05, 3.63) is 76.9 Å². The number of likely N-dealkylation sites (N-methyl/N-ethyl adjacent to an activating group) is 2. The Morgan fingerprint density at radius 1 is 1.00 bits per heavy atom. The topological polar surface area (TPSA) is 52.7 Å². The molecule has 4 heteroatoms. The zero-order valence-electron chi connectivity index (χ0n) is 15.3. The van der Waals surface area contributed by atoms with Crippen LogP contribution >= 0.6 is 0 Å². The van der Waals surface area contributed by atoms with Crippen molar-refractivity contribution >= 4 is 11.3 Å². The molecule has 4 rings (SSSR count). The predicted octanol–water partition coefficient (Wildman–Crippen LogP) is 3.06. The lowest BCUT2D eigenvalue weighted by Gasteiger charge is -2.28. The fourth-order valence-electron chi connectivity index (χ4n) is 3.97. The number of aromatic hydroxyl groups is 1. The number of nitrogens with two attached hydrogens (primary N) is 1. The third kappa shape index (κ3) is 2.91. The van der Waals surface area contributed by atoms with E-state index in [4.69, 9.17) is 5.73 Å². The van der Waals surface area contributed by atoms with Gasteiger partial charge in [0.2, 0.25) is 0 Å². The predicted molar refractivity (Wildman–Crippen MR) is 107 cm³/mol. The Morgan fingerprint density at radius 2 is 1.81 bits per heavy atom. The van der Waals surface area contributed by atoms with E-state index in [-0.39, 0.29) is 6.04 Å². The van der Waals surface area contributed by atoms with Crippen molar-refractivity contribution in [3.8, 4) is 5.75 Å². The first-order chi connectivity index (χ1) is 12.5. The fraction of sp³-hybridized carbons (Fsp3) is 0.273. The van der Waals surface area contributed by atoms with Gasteiger partial charge in [-0.1, -0.05) is 42.5 Å². The zero-order chi connectivity index (χ0) is 18.3. The summed E-state index contributed by atoms with van der Waals surface area (Å²) >= 11 is 0. The van der Waals surface area contributed by atoms with Crippen LogP contribution in [0, 0.1) is 0 Å². The van der Waals surface area contributed by atoms with Gasteiger partial charge >= 0.3 is 0 Å². The van der Waals surface area contributed by atoms with E-state index in [9.17, 15) is 5.11 Å². The van der Waals surface area contributed by atoms with Crippen LogP contribution in [-0.4, -0.2) is 48.6 Å². The molecule has 2 aromatic rings. The molecule has 1 atom stereocenters. The van der Waals surface area contributed by atoms with Gasteiger partial charge in [-0.3, -0.25) is 9.80 Å². The third-order valence-electron chi connectivity index (χ3n) is 5.39. The Hall–Kier alpha value is -2.56. The Bertz CT molecular complexity index is 900. The summed E-state index contributed by atoms with van der Waals surface area (Å²) in [7, 11) is 4.17. The molecule has 2 aliphatic rings. The highest BCUT2D eigenvalue weighted by Gasteiger charge is 2.27. The van der Waals surface area contributed by atoms with Crippen LogP contribution in [0.15, 0.2) is 54.6 Å². The lowest BCUT2D eigenvalue weighted by molar-refractivity contribution is 0.303. The van der Waals surface area contributed by atoms with Gasteiger partial charge in [0.05, 0.1) is 6.04 Å². The zero-order valence-corrected chi connectivity index (χ0v) is 15.3. The molecule has 3 N–H and O–H groups in total. The van der Waals surface area contributed by atoms with Crippen molar-refractivity contribution in [2.45, 2.75) is 6.04 Å². The maximum absolute atomic E-state index is 10.9. The van der Waals surface area contributed by atoms with Gasteiger partial charge < -0.3 is 10.8 Å². The van der Waals surface area contributed by atoms with Crippen molar-refractivity contribution in [3.63, 3.8) is 0 Å². The maximum Gasteiger partial charge on any atom is 0.121 e. The van der Waals surface area contributed by atoms with Crippen LogP contribution in [0.5, 0.6) is 5.75 Å². The minimum Gasteiger partial charge on any atom is -0.508 e. The molecule has 4 nitrogen and oxygen atoms in total. The first-order valence-electron chi connectivity index (χ1n) is 9.00. The summed E-state index contributed by atoms with van der Waals surface area (Å²) in [6, 6.07) is 14.2. The van der Waals surface area contributed by atoms with Gasteiger partial charge in [0.25, 0.3) is 0 Å². The van der Waals surface area contributed by atoms with E-state index in [1.807, 2.05) is 24.3 Å². The third-order valence-corrected chi connectivity index (χ3v) is 5.39. The van der Waals surface area contributed by atoms with E-state index in [2.05, 4.69) is 54.2 Å². The summed E-state index contributed by atoms with van der Waals surface area (Å²) in [6.07, 6.45) is 4.27. The number of benzene rings is 2. The molecule has 2 aromatic carbocycles.